The van der Waals surface area contributed by atoms with Gasteiger partial charge in [-0.05, 0) is 61.4 Å². The molecule has 0 fully saturated rings. The summed E-state index contributed by atoms with van der Waals surface area (Å²) in [5.74, 6) is -1.47. The molecule has 0 aliphatic carbocycles. The molecule has 2 rings (SSSR count). The summed E-state index contributed by atoms with van der Waals surface area (Å²) in [6.45, 7) is 3.50. The molecule has 31 heavy (non-hydrogen) atoms. The van der Waals surface area contributed by atoms with Crippen LogP contribution in [0.4, 0.5) is 5.69 Å². The number of carbonyl (C=O) groups is 3. The molecule has 0 aliphatic rings. The van der Waals surface area contributed by atoms with Gasteiger partial charge in [0.05, 0.1) is 16.3 Å². The lowest BCUT2D eigenvalue weighted by atomic mass is 10.2. The summed E-state index contributed by atoms with van der Waals surface area (Å²) < 4.78 is 5.43. The number of amides is 3. The zero-order valence-electron chi connectivity index (χ0n) is 16.9. The fourth-order valence-corrected chi connectivity index (χ4v) is 2.48. The van der Waals surface area contributed by atoms with Crippen LogP contribution >= 0.6 is 23.2 Å². The first-order chi connectivity index (χ1) is 14.8. The van der Waals surface area contributed by atoms with E-state index in [9.17, 15) is 14.4 Å². The number of hydrazone groups is 1. The fraction of sp³-hybridized carbons (Fsp3) is 0.238. The molecule has 0 radical (unpaired) electrons. The molecule has 1 atom stereocenters. The summed E-state index contributed by atoms with van der Waals surface area (Å²) in [5, 5.41) is 9.68. The SMILES string of the molecule is CC[C@@H](C)NC(=O)C(=O)N/N=C\c1ccc(OCC(=O)Nc2ccc(Cl)c(Cl)c2)cc1. The van der Waals surface area contributed by atoms with E-state index < -0.39 is 11.8 Å². The van der Waals surface area contributed by atoms with Crippen LogP contribution in [0.3, 0.4) is 0 Å². The Labute approximate surface area is 189 Å². The van der Waals surface area contributed by atoms with Crippen LogP contribution in [0, 0.1) is 0 Å². The predicted molar refractivity (Wildman–Crippen MR) is 121 cm³/mol. The van der Waals surface area contributed by atoms with Gasteiger partial charge in [-0.15, -0.1) is 0 Å². The summed E-state index contributed by atoms with van der Waals surface area (Å²) in [5.41, 5.74) is 3.33. The molecule has 3 N–H and O–H groups in total. The lowest BCUT2D eigenvalue weighted by Crippen LogP contribution is -2.41. The van der Waals surface area contributed by atoms with Crippen molar-refractivity contribution in [1.29, 1.82) is 0 Å². The lowest BCUT2D eigenvalue weighted by molar-refractivity contribution is -0.139. The number of ether oxygens (including phenoxy) is 1. The molecule has 3 amide bonds. The number of hydrogen-bond acceptors (Lipinski definition) is 5. The minimum atomic E-state index is -0.843. The molecule has 0 saturated heterocycles. The molecule has 164 valence electrons. The van der Waals surface area contributed by atoms with Crippen molar-refractivity contribution < 1.29 is 19.1 Å². The smallest absolute Gasteiger partial charge is 0.329 e. The van der Waals surface area contributed by atoms with Crippen LogP contribution in [0.5, 0.6) is 5.75 Å². The van der Waals surface area contributed by atoms with E-state index >= 15 is 0 Å². The minimum absolute atomic E-state index is 0.0964. The molecule has 0 heterocycles. The molecule has 8 nitrogen and oxygen atoms in total. The van der Waals surface area contributed by atoms with E-state index in [2.05, 4.69) is 21.2 Å². The van der Waals surface area contributed by atoms with Crippen LogP contribution in [0.15, 0.2) is 47.6 Å². The number of carbonyl (C=O) groups excluding carboxylic acids is 3. The first-order valence-corrected chi connectivity index (χ1v) is 10.2. The number of hydrogen-bond donors (Lipinski definition) is 3. The maximum atomic E-state index is 12.0. The first kappa shape index (κ1) is 24.2. The number of anilines is 1. The highest BCUT2D eigenvalue weighted by Gasteiger charge is 2.14. The van der Waals surface area contributed by atoms with Gasteiger partial charge in [-0.2, -0.15) is 5.10 Å². The van der Waals surface area contributed by atoms with E-state index in [-0.39, 0.29) is 18.6 Å². The minimum Gasteiger partial charge on any atom is -0.484 e. The number of rotatable bonds is 8. The van der Waals surface area contributed by atoms with E-state index in [1.165, 1.54) is 6.21 Å². The highest BCUT2D eigenvalue weighted by atomic mass is 35.5. The average molecular weight is 465 g/mol. The quantitative estimate of drug-likeness (QED) is 0.316. The fourth-order valence-electron chi connectivity index (χ4n) is 2.18. The van der Waals surface area contributed by atoms with Crippen LogP contribution in [0.1, 0.15) is 25.8 Å². The number of nitrogens with one attached hydrogen (secondary N) is 3. The van der Waals surface area contributed by atoms with Crippen LogP contribution < -0.4 is 20.8 Å². The molecular weight excluding hydrogens is 443 g/mol. The maximum absolute atomic E-state index is 12.0. The van der Waals surface area contributed by atoms with E-state index in [1.807, 2.05) is 6.92 Å². The summed E-state index contributed by atoms with van der Waals surface area (Å²) in [7, 11) is 0. The Kier molecular flexibility index (Phi) is 9.30. The van der Waals surface area contributed by atoms with E-state index in [4.69, 9.17) is 27.9 Å². The highest BCUT2D eigenvalue weighted by molar-refractivity contribution is 6.42. The van der Waals surface area contributed by atoms with Crippen molar-refractivity contribution in [1.82, 2.24) is 10.7 Å². The zero-order valence-corrected chi connectivity index (χ0v) is 18.5. The monoisotopic (exact) mass is 464 g/mol. The zero-order chi connectivity index (χ0) is 22.8. The van der Waals surface area contributed by atoms with E-state index in [0.717, 1.165) is 0 Å². The van der Waals surface area contributed by atoms with Gasteiger partial charge in [-0.1, -0.05) is 30.1 Å². The van der Waals surface area contributed by atoms with Gasteiger partial charge in [0.1, 0.15) is 5.75 Å². The Morgan fingerprint density at radius 2 is 1.77 bits per heavy atom. The first-order valence-electron chi connectivity index (χ1n) is 9.40. The molecule has 0 aliphatic heterocycles. The molecule has 0 spiro atoms. The summed E-state index contributed by atoms with van der Waals surface area (Å²) >= 11 is 11.8. The number of halogens is 2. The second-order valence-corrected chi connectivity index (χ2v) is 7.33. The normalized spacial score (nSPS) is 11.6. The topological polar surface area (TPSA) is 109 Å². The average Bonchev–Trinajstić information content (AvgIpc) is 2.75. The van der Waals surface area contributed by atoms with Crippen molar-refractivity contribution in [3.63, 3.8) is 0 Å². The van der Waals surface area contributed by atoms with Gasteiger partial charge >= 0.3 is 11.8 Å². The van der Waals surface area contributed by atoms with Gasteiger partial charge in [-0.25, -0.2) is 5.43 Å². The number of nitrogens with zero attached hydrogens (tertiary/aromatic N) is 1. The Morgan fingerprint density at radius 1 is 1.06 bits per heavy atom. The van der Waals surface area contributed by atoms with Gasteiger partial charge < -0.3 is 15.4 Å². The Hall–Kier alpha value is -3.10. The molecule has 10 heteroatoms. The number of benzene rings is 2. The molecule has 0 aromatic heterocycles. The third-order valence-electron chi connectivity index (χ3n) is 4.03. The Morgan fingerprint density at radius 3 is 2.42 bits per heavy atom. The van der Waals surface area contributed by atoms with Crippen molar-refractivity contribution in [2.24, 2.45) is 5.10 Å². The predicted octanol–water partition coefficient (Wildman–Crippen LogP) is 3.38. The van der Waals surface area contributed by atoms with Crippen molar-refractivity contribution in [3.05, 3.63) is 58.1 Å². The molecule has 0 bridgehead atoms. The third kappa shape index (κ3) is 8.27. The molecule has 2 aromatic rings. The standard InChI is InChI=1S/C21H22Cl2N4O4/c1-3-13(2)25-20(29)21(30)27-24-11-14-4-7-16(8-5-14)31-12-19(28)26-15-6-9-17(22)18(23)10-15/h4-11,13H,3,12H2,1-2H3,(H,25,29)(H,26,28)(H,27,30)/b24-11-/t13-/m1/s1. The highest BCUT2D eigenvalue weighted by Crippen LogP contribution is 2.25. The van der Waals surface area contributed by atoms with Crippen molar-refractivity contribution >= 4 is 52.8 Å². The third-order valence-corrected chi connectivity index (χ3v) is 4.77. The van der Waals surface area contributed by atoms with Crippen LogP contribution in [0.25, 0.3) is 0 Å². The van der Waals surface area contributed by atoms with Crippen LogP contribution in [-0.2, 0) is 14.4 Å². The summed E-state index contributed by atoms with van der Waals surface area (Å²) in [4.78, 5) is 35.2. The molecule has 0 saturated carbocycles. The second-order valence-electron chi connectivity index (χ2n) is 6.52. The van der Waals surface area contributed by atoms with Crippen molar-refractivity contribution in [3.8, 4) is 5.75 Å². The van der Waals surface area contributed by atoms with Gasteiger partial charge in [0.15, 0.2) is 6.61 Å². The van der Waals surface area contributed by atoms with E-state index in [0.29, 0.717) is 33.5 Å². The van der Waals surface area contributed by atoms with Crippen molar-refractivity contribution in [2.75, 3.05) is 11.9 Å². The summed E-state index contributed by atoms with van der Waals surface area (Å²) in [6, 6.07) is 11.3. The van der Waals surface area contributed by atoms with Gasteiger partial charge in [0, 0.05) is 11.7 Å². The molecule has 0 unspecified atom stereocenters. The molecular formula is C21H22Cl2N4O4. The van der Waals surface area contributed by atoms with Crippen LogP contribution in [0.2, 0.25) is 10.0 Å². The molecule has 2 aromatic carbocycles. The lowest BCUT2D eigenvalue weighted by Gasteiger charge is -2.09. The Balaban J connectivity index is 1.78. The maximum Gasteiger partial charge on any atom is 0.329 e. The van der Waals surface area contributed by atoms with Gasteiger partial charge in [0.2, 0.25) is 0 Å². The van der Waals surface area contributed by atoms with Crippen molar-refractivity contribution in [2.45, 2.75) is 26.3 Å². The largest absolute Gasteiger partial charge is 0.484 e. The summed E-state index contributed by atoms with van der Waals surface area (Å²) in [6.07, 6.45) is 2.10. The second kappa shape index (κ2) is 11.9. The van der Waals surface area contributed by atoms with Gasteiger partial charge in [-0.3, -0.25) is 14.4 Å². The van der Waals surface area contributed by atoms with Gasteiger partial charge in [0.25, 0.3) is 5.91 Å². The van der Waals surface area contributed by atoms with E-state index in [1.54, 1.807) is 49.4 Å². The van der Waals surface area contributed by atoms with Crippen LogP contribution in [-0.4, -0.2) is 36.6 Å². The Bertz CT molecular complexity index is 964.